The maximum atomic E-state index is 14.4. The van der Waals surface area contributed by atoms with Crippen LogP contribution in [0, 0.1) is 36.5 Å². The third kappa shape index (κ3) is 8.17. The molecule has 9 atom stereocenters. The number of rotatable bonds is 3. The summed E-state index contributed by atoms with van der Waals surface area (Å²) in [4.78, 5) is 42.4. The quantitative estimate of drug-likeness (QED) is 0.120. The summed E-state index contributed by atoms with van der Waals surface area (Å²) in [6, 6.07) is 0. The van der Waals surface area contributed by atoms with Crippen LogP contribution in [0.1, 0.15) is 84.2 Å². The zero-order valence-electron chi connectivity index (χ0n) is 34.5. The molecule has 9 unspecified atom stereocenters. The molecule has 4 aliphatic rings. The number of anilines is 2. The Morgan fingerprint density at radius 2 is 1.56 bits per heavy atom. The number of nitrogens with zero attached hydrogens (tertiary/aromatic N) is 1. The minimum Gasteiger partial charge on any atom is -0.507 e. The molecule has 14 heteroatoms. The van der Waals surface area contributed by atoms with Crippen LogP contribution >= 0.6 is 0 Å². The summed E-state index contributed by atoms with van der Waals surface area (Å²) in [6.07, 6.45) is 5.26. The smallest absolute Gasteiger partial charge is 0.312 e. The normalized spacial score (nSPS) is 32.6. The molecule has 4 heterocycles. The summed E-state index contributed by atoms with van der Waals surface area (Å²) in [6.45, 7) is 15.7. The highest BCUT2D eigenvalue weighted by molar-refractivity contribution is 6.23. The Bertz CT molecular complexity index is 1980. The van der Waals surface area contributed by atoms with E-state index in [1.807, 2.05) is 4.90 Å². The molecule has 1 fully saturated rings. The van der Waals surface area contributed by atoms with E-state index >= 15 is 0 Å². The fourth-order valence-electron chi connectivity index (χ4n) is 8.25. The maximum absolute atomic E-state index is 14.4. The van der Waals surface area contributed by atoms with Crippen molar-refractivity contribution in [2.24, 2.45) is 29.6 Å². The van der Waals surface area contributed by atoms with Crippen LogP contribution < -0.4 is 15.0 Å². The van der Waals surface area contributed by atoms with Crippen molar-refractivity contribution in [3.8, 4) is 23.0 Å². The van der Waals surface area contributed by atoms with Gasteiger partial charge in [0, 0.05) is 74.2 Å². The minimum absolute atomic E-state index is 0.0541. The molecule has 0 spiro atoms. The van der Waals surface area contributed by atoms with Crippen molar-refractivity contribution in [2.45, 2.75) is 105 Å². The van der Waals surface area contributed by atoms with Gasteiger partial charge in [-0.1, -0.05) is 52.8 Å². The van der Waals surface area contributed by atoms with Crippen LogP contribution in [0.3, 0.4) is 0 Å². The fraction of sp³-hybridized carbons (Fsp3) is 0.558. The molecule has 0 aromatic heterocycles. The number of amides is 1. The Morgan fingerprint density at radius 3 is 2.18 bits per heavy atom. The Balaban J connectivity index is 1.72. The molecule has 2 aromatic rings. The van der Waals surface area contributed by atoms with E-state index in [0.717, 1.165) is 12.8 Å². The number of carbonyl (C=O) groups is 3. The molecule has 6 N–H and O–H groups in total. The van der Waals surface area contributed by atoms with Crippen LogP contribution in [0.25, 0.3) is 10.8 Å². The molecule has 2 aromatic carbocycles. The Kier molecular flexibility index (Phi) is 12.9. The number of ketones is 1. The SMILES string of the molecule is COC1/C=C/OC2(C)Oc3c(C)c(O)c4c(O)c(c(N5CCC(C)CC5)c(O)c4c3C2=O)NC(=O)/C(C)=C\C=C\C(C)C(O)C(C)C(O)C(C)C(OC(C)=O)C1C. The van der Waals surface area contributed by atoms with Gasteiger partial charge in [-0.05, 0) is 38.7 Å². The molecule has 0 aliphatic carbocycles. The number of Topliss-reactive ketones (excluding diaryl/α,β-unsaturated/α-hetero) is 1. The number of methoxy groups -OCH3 is 1. The Morgan fingerprint density at radius 1 is 0.912 bits per heavy atom. The number of nitrogens with one attached hydrogen (secondary N) is 1. The summed E-state index contributed by atoms with van der Waals surface area (Å²) >= 11 is 0. The van der Waals surface area contributed by atoms with Gasteiger partial charge in [0.15, 0.2) is 5.75 Å². The molecular weight excluding hydrogens is 736 g/mol. The monoisotopic (exact) mass is 794 g/mol. The highest BCUT2D eigenvalue weighted by Crippen LogP contribution is 2.58. The van der Waals surface area contributed by atoms with Crippen molar-refractivity contribution in [1.29, 1.82) is 0 Å². The highest BCUT2D eigenvalue weighted by Gasteiger charge is 2.50. The number of aliphatic hydroxyl groups is 2. The van der Waals surface area contributed by atoms with Crippen LogP contribution in [0.5, 0.6) is 23.0 Å². The number of esters is 1. The number of ether oxygens (including phenoxy) is 4. The summed E-state index contributed by atoms with van der Waals surface area (Å²) in [5.41, 5.74) is 0.130. The van der Waals surface area contributed by atoms with Crippen molar-refractivity contribution >= 4 is 39.8 Å². The van der Waals surface area contributed by atoms with E-state index in [1.54, 1.807) is 46.8 Å². The first-order chi connectivity index (χ1) is 26.7. The number of aliphatic hydroxyl groups excluding tert-OH is 2. The van der Waals surface area contributed by atoms with E-state index in [9.17, 15) is 39.9 Å². The van der Waals surface area contributed by atoms with Gasteiger partial charge in [0.2, 0.25) is 0 Å². The van der Waals surface area contributed by atoms with Crippen LogP contribution in [0.4, 0.5) is 11.4 Å². The largest absolute Gasteiger partial charge is 0.507 e. The second-order valence-electron chi connectivity index (χ2n) is 16.2. The summed E-state index contributed by atoms with van der Waals surface area (Å²) in [5, 5.41) is 61.0. The van der Waals surface area contributed by atoms with E-state index < -0.39 is 88.8 Å². The average molecular weight is 795 g/mol. The van der Waals surface area contributed by atoms with Gasteiger partial charge >= 0.3 is 11.8 Å². The number of hydrogen-bond acceptors (Lipinski definition) is 13. The number of phenols is 3. The lowest BCUT2D eigenvalue weighted by Gasteiger charge is -2.38. The van der Waals surface area contributed by atoms with Crippen LogP contribution in [0.15, 0.2) is 36.1 Å². The number of hydrogen-bond donors (Lipinski definition) is 6. The molecule has 4 aliphatic heterocycles. The molecular formula is C43H58N2O12. The van der Waals surface area contributed by atoms with Crippen LogP contribution in [-0.2, 0) is 23.8 Å². The molecule has 0 radical (unpaired) electrons. The van der Waals surface area contributed by atoms with Gasteiger partial charge in [-0.3, -0.25) is 14.4 Å². The van der Waals surface area contributed by atoms with Gasteiger partial charge < -0.3 is 54.7 Å². The van der Waals surface area contributed by atoms with Gasteiger partial charge in [0.1, 0.15) is 34.7 Å². The van der Waals surface area contributed by atoms with Crippen molar-refractivity contribution in [3.05, 3.63) is 47.3 Å². The van der Waals surface area contributed by atoms with Crippen LogP contribution in [0.2, 0.25) is 0 Å². The van der Waals surface area contributed by atoms with E-state index in [-0.39, 0.29) is 44.6 Å². The minimum atomic E-state index is -2.01. The van der Waals surface area contributed by atoms with Crippen molar-refractivity contribution in [1.82, 2.24) is 0 Å². The molecule has 312 valence electrons. The molecule has 57 heavy (non-hydrogen) atoms. The van der Waals surface area contributed by atoms with Gasteiger partial charge in [-0.25, -0.2) is 0 Å². The molecule has 1 saturated heterocycles. The van der Waals surface area contributed by atoms with Gasteiger partial charge in [-0.15, -0.1) is 0 Å². The molecule has 14 nitrogen and oxygen atoms in total. The van der Waals surface area contributed by atoms with E-state index in [0.29, 0.717) is 19.0 Å². The fourth-order valence-corrected chi connectivity index (χ4v) is 8.25. The van der Waals surface area contributed by atoms with E-state index in [2.05, 4.69) is 12.2 Å². The number of benzene rings is 2. The lowest BCUT2D eigenvalue weighted by Crippen LogP contribution is -2.46. The Labute approximate surface area is 333 Å². The lowest BCUT2D eigenvalue weighted by molar-refractivity contribution is -0.160. The van der Waals surface area contributed by atoms with Gasteiger partial charge in [0.05, 0.1) is 35.5 Å². The average Bonchev–Trinajstić information content (AvgIpc) is 3.43. The van der Waals surface area contributed by atoms with Crippen molar-refractivity contribution < 1.29 is 58.9 Å². The maximum Gasteiger partial charge on any atom is 0.312 e. The third-order valence-corrected chi connectivity index (χ3v) is 12.1. The summed E-state index contributed by atoms with van der Waals surface area (Å²) in [5.74, 6) is -7.46. The number of phenolic OH excluding ortho intramolecular Hbond substituents is 3. The zero-order valence-corrected chi connectivity index (χ0v) is 34.5. The second kappa shape index (κ2) is 17.0. The predicted molar refractivity (Wildman–Crippen MR) is 214 cm³/mol. The molecule has 1 amide bonds. The zero-order chi connectivity index (χ0) is 42.3. The lowest BCUT2D eigenvalue weighted by atomic mass is 9.78. The van der Waals surface area contributed by atoms with Crippen molar-refractivity contribution in [3.63, 3.8) is 0 Å². The number of carbonyl (C=O) groups excluding carboxylic acids is 3. The molecule has 0 saturated carbocycles. The number of aromatic hydroxyl groups is 3. The first-order valence-electron chi connectivity index (χ1n) is 19.6. The number of piperidine rings is 1. The van der Waals surface area contributed by atoms with Gasteiger partial charge in [-0.2, -0.15) is 0 Å². The molecule has 6 rings (SSSR count). The topological polar surface area (TPSA) is 205 Å². The van der Waals surface area contributed by atoms with Crippen LogP contribution in [-0.4, -0.2) is 93.6 Å². The third-order valence-electron chi connectivity index (χ3n) is 12.1. The first kappa shape index (κ1) is 43.3. The highest BCUT2D eigenvalue weighted by atomic mass is 16.7. The second-order valence-corrected chi connectivity index (χ2v) is 16.2. The molecule has 5 bridgehead atoms. The van der Waals surface area contributed by atoms with E-state index in [4.69, 9.17) is 18.9 Å². The summed E-state index contributed by atoms with van der Waals surface area (Å²) < 4.78 is 23.7. The number of allylic oxidation sites excluding steroid dienone is 2. The first-order valence-corrected chi connectivity index (χ1v) is 19.6. The number of fused-ring (bicyclic) bond motifs is 14. The predicted octanol–water partition coefficient (Wildman–Crippen LogP) is 5.99. The standard InChI is InChI=1S/C43H58N2O12/c1-20-14-17-45(18-15-20)33-32-37(50)30-29(38(33)51)31-40(26(7)36(30)49)57-43(9,41(31)52)55-19-16-28(54-10)23(4)39(56-27(8)46)25(6)35(48)24(5)34(47)21(2)12-11-13-22(3)42(53)44-32/h11-13,16,19-21,23-25,28,34-35,39,47-51H,14-15,17-18H2,1-10H3,(H,44,53)/b12-11+,19-16+,22-13-. The van der Waals surface area contributed by atoms with Crippen molar-refractivity contribution in [2.75, 3.05) is 30.4 Å². The Hall–Kier alpha value is -4.79. The van der Waals surface area contributed by atoms with Gasteiger partial charge in [0.25, 0.3) is 11.7 Å². The summed E-state index contributed by atoms with van der Waals surface area (Å²) in [7, 11) is 1.45. The van der Waals surface area contributed by atoms with E-state index in [1.165, 1.54) is 46.3 Å².